The summed E-state index contributed by atoms with van der Waals surface area (Å²) in [6.07, 6.45) is 0.948. The van der Waals surface area contributed by atoms with Gasteiger partial charge in [0.15, 0.2) is 11.3 Å². The topological polar surface area (TPSA) is 80.1 Å². The van der Waals surface area contributed by atoms with Crippen molar-refractivity contribution in [2.75, 3.05) is 18.8 Å². The van der Waals surface area contributed by atoms with Gasteiger partial charge in [0.2, 0.25) is 0 Å². The summed E-state index contributed by atoms with van der Waals surface area (Å²) in [4.78, 5) is 14.0. The first kappa shape index (κ1) is 14.8. The molecule has 0 saturated heterocycles. The first-order valence-electron chi connectivity index (χ1n) is 5.43. The number of thioether (sulfide) groups is 1. The van der Waals surface area contributed by atoms with E-state index in [2.05, 4.69) is 21.1 Å². The number of nitrogens with one attached hydrogen (secondary N) is 2. The van der Waals surface area contributed by atoms with Crippen LogP contribution in [-0.2, 0) is 5.75 Å². The Kier molecular flexibility index (Phi) is 7.19. The lowest BCUT2D eigenvalue weighted by molar-refractivity contribution is -0.404. The van der Waals surface area contributed by atoms with Crippen LogP contribution in [0.2, 0.25) is 0 Å². The van der Waals surface area contributed by atoms with E-state index in [4.69, 9.17) is 0 Å². The van der Waals surface area contributed by atoms with Crippen molar-refractivity contribution >= 4 is 23.1 Å². The number of hydrogen-bond acceptors (Lipinski definition) is 7. The minimum absolute atomic E-state index is 0.449. The molecule has 0 fully saturated rings. The minimum atomic E-state index is -0.469. The predicted octanol–water partition coefficient (Wildman–Crippen LogP) is 1.45. The molecule has 0 aromatic carbocycles. The van der Waals surface area contributed by atoms with Crippen LogP contribution in [0.5, 0.6) is 0 Å². The van der Waals surface area contributed by atoms with Crippen molar-refractivity contribution < 1.29 is 4.92 Å². The van der Waals surface area contributed by atoms with E-state index in [0.29, 0.717) is 18.9 Å². The largest absolute Gasteiger partial charge is 0.367 e. The number of nitro groups is 1. The van der Waals surface area contributed by atoms with E-state index in [0.717, 1.165) is 23.4 Å². The molecule has 6 nitrogen and oxygen atoms in total. The molecule has 0 unspecified atom stereocenters. The minimum Gasteiger partial charge on any atom is -0.367 e. The molecule has 1 aromatic rings. The zero-order valence-electron chi connectivity index (χ0n) is 10.0. The summed E-state index contributed by atoms with van der Waals surface area (Å²) in [5.74, 6) is 2.15. The van der Waals surface area contributed by atoms with Crippen molar-refractivity contribution in [1.29, 1.82) is 0 Å². The van der Waals surface area contributed by atoms with Gasteiger partial charge in [-0.1, -0.05) is 0 Å². The third-order valence-electron chi connectivity index (χ3n) is 1.85. The van der Waals surface area contributed by atoms with Gasteiger partial charge in [0.1, 0.15) is 0 Å². The fourth-order valence-electron chi connectivity index (χ4n) is 1.16. The molecule has 1 aromatic heterocycles. The number of nitrogens with zero attached hydrogens (tertiary/aromatic N) is 2. The van der Waals surface area contributed by atoms with Crippen LogP contribution < -0.4 is 10.6 Å². The van der Waals surface area contributed by atoms with Gasteiger partial charge >= 0.3 is 0 Å². The highest BCUT2D eigenvalue weighted by molar-refractivity contribution is 7.98. The van der Waals surface area contributed by atoms with Crippen molar-refractivity contribution in [1.82, 2.24) is 15.6 Å². The van der Waals surface area contributed by atoms with Crippen LogP contribution in [0.25, 0.3) is 0 Å². The molecule has 0 spiro atoms. The average Bonchev–Trinajstić information content (AvgIpc) is 2.81. The molecule has 0 bridgehead atoms. The third-order valence-corrected chi connectivity index (χ3v) is 3.43. The molecule has 99 valence electrons. The Morgan fingerprint density at radius 1 is 1.72 bits per heavy atom. The Balaban J connectivity index is 2.16. The van der Waals surface area contributed by atoms with Crippen LogP contribution in [0.15, 0.2) is 17.4 Å². The smallest absolute Gasteiger partial charge is 0.274 e. The molecule has 2 N–H and O–H groups in total. The van der Waals surface area contributed by atoms with Crippen molar-refractivity contribution in [2.45, 2.75) is 12.7 Å². The van der Waals surface area contributed by atoms with E-state index in [-0.39, 0.29) is 0 Å². The second kappa shape index (κ2) is 8.76. The van der Waals surface area contributed by atoms with Gasteiger partial charge in [-0.05, 0) is 6.92 Å². The van der Waals surface area contributed by atoms with Gasteiger partial charge < -0.3 is 10.6 Å². The standard InChI is InChI=1S/C10H15N4O2S2/c1-2-11-10(5-14(15)16)12-3-4-17-6-9-7-18-8-13-9/h5,7,11-12H,2-4,6H2,1H3. The maximum absolute atomic E-state index is 10.4. The molecule has 0 aliphatic carbocycles. The van der Waals surface area contributed by atoms with Gasteiger partial charge in [0.25, 0.3) is 6.20 Å². The number of aromatic nitrogens is 1. The summed E-state index contributed by atoms with van der Waals surface area (Å²) in [5, 5.41) is 18.2. The summed E-state index contributed by atoms with van der Waals surface area (Å²) in [5.41, 5.74) is 3.82. The van der Waals surface area contributed by atoms with Gasteiger partial charge in [-0.15, -0.1) is 11.3 Å². The summed E-state index contributed by atoms with van der Waals surface area (Å²) in [6.45, 7) is 3.21. The van der Waals surface area contributed by atoms with E-state index in [9.17, 15) is 10.1 Å². The molecule has 0 saturated carbocycles. The fraction of sp³-hybridized carbons (Fsp3) is 0.500. The molecular weight excluding hydrogens is 272 g/mol. The maximum Gasteiger partial charge on any atom is 0.274 e. The maximum atomic E-state index is 10.4. The van der Waals surface area contributed by atoms with Crippen molar-refractivity contribution in [2.24, 2.45) is 0 Å². The fourth-order valence-corrected chi connectivity index (χ4v) is 2.50. The normalized spacial score (nSPS) is 11.3. The Bertz CT molecular complexity index is 381. The molecule has 18 heavy (non-hydrogen) atoms. The first-order valence-corrected chi connectivity index (χ1v) is 7.47. The Labute approximate surface area is 114 Å². The highest BCUT2D eigenvalue weighted by atomic mass is 32.2. The zero-order valence-corrected chi connectivity index (χ0v) is 11.6. The van der Waals surface area contributed by atoms with Crippen LogP contribution in [-0.4, -0.2) is 28.7 Å². The van der Waals surface area contributed by atoms with E-state index in [1.54, 1.807) is 11.8 Å². The highest BCUT2D eigenvalue weighted by Gasteiger charge is 2.01. The van der Waals surface area contributed by atoms with Gasteiger partial charge in [-0.25, -0.2) is 4.98 Å². The zero-order chi connectivity index (χ0) is 13.2. The van der Waals surface area contributed by atoms with Crippen LogP contribution >= 0.6 is 23.1 Å². The van der Waals surface area contributed by atoms with Crippen LogP contribution in [0.1, 0.15) is 12.6 Å². The molecule has 1 rings (SSSR count). The molecule has 0 amide bonds. The molecule has 1 heterocycles. The predicted molar refractivity (Wildman–Crippen MR) is 73.9 cm³/mol. The van der Waals surface area contributed by atoms with Crippen molar-refractivity contribution in [3.05, 3.63) is 38.7 Å². The quantitative estimate of drug-likeness (QED) is 0.406. The Morgan fingerprint density at radius 2 is 2.56 bits per heavy atom. The van der Waals surface area contributed by atoms with Gasteiger partial charge in [-0.2, -0.15) is 11.8 Å². The van der Waals surface area contributed by atoms with Gasteiger partial charge in [0.05, 0.1) is 10.6 Å². The number of hydrogen-bond donors (Lipinski definition) is 2. The van der Waals surface area contributed by atoms with E-state index < -0.39 is 4.92 Å². The summed E-state index contributed by atoms with van der Waals surface area (Å²) >= 11 is 3.19. The first-order chi connectivity index (χ1) is 8.72. The second-order valence-electron chi connectivity index (χ2n) is 3.27. The number of thiazole rings is 1. The Morgan fingerprint density at radius 3 is 3.17 bits per heavy atom. The van der Waals surface area contributed by atoms with Crippen LogP contribution in [0, 0.1) is 15.6 Å². The molecule has 8 heteroatoms. The van der Waals surface area contributed by atoms with Crippen molar-refractivity contribution in [3.8, 4) is 0 Å². The van der Waals surface area contributed by atoms with E-state index in [1.807, 2.05) is 12.3 Å². The number of rotatable bonds is 9. The molecular formula is C10H15N4O2S2. The lowest BCUT2D eigenvalue weighted by Crippen LogP contribution is -2.28. The van der Waals surface area contributed by atoms with E-state index in [1.165, 1.54) is 11.3 Å². The summed E-state index contributed by atoms with van der Waals surface area (Å²) < 4.78 is 0. The van der Waals surface area contributed by atoms with Gasteiger partial charge in [-0.3, -0.25) is 10.1 Å². The monoisotopic (exact) mass is 287 g/mol. The second-order valence-corrected chi connectivity index (χ2v) is 5.03. The summed E-state index contributed by atoms with van der Waals surface area (Å²) in [6, 6.07) is 0. The molecule has 0 atom stereocenters. The highest BCUT2D eigenvalue weighted by Crippen LogP contribution is 2.10. The lowest BCUT2D eigenvalue weighted by Gasteiger charge is -2.08. The van der Waals surface area contributed by atoms with Crippen LogP contribution in [0.3, 0.4) is 0 Å². The SMILES string of the molecule is CCNC(=C[N+](=O)[O-])NCCSCc1cs[c]n1. The van der Waals surface area contributed by atoms with Crippen LogP contribution in [0.4, 0.5) is 0 Å². The molecule has 0 aliphatic heterocycles. The van der Waals surface area contributed by atoms with Gasteiger partial charge in [0, 0.05) is 30.0 Å². The lowest BCUT2D eigenvalue weighted by atomic mass is 10.6. The van der Waals surface area contributed by atoms with Crippen molar-refractivity contribution in [3.63, 3.8) is 0 Å². The molecule has 1 radical (unpaired) electrons. The summed E-state index contributed by atoms with van der Waals surface area (Å²) in [7, 11) is 0. The average molecular weight is 287 g/mol. The Hall–Kier alpha value is -1.28. The van der Waals surface area contributed by atoms with E-state index >= 15 is 0 Å². The third kappa shape index (κ3) is 6.45. The molecule has 0 aliphatic rings.